The first-order chi connectivity index (χ1) is 16.0. The van der Waals surface area contributed by atoms with E-state index in [4.69, 9.17) is 11.6 Å². The maximum absolute atomic E-state index is 13.1. The highest BCUT2D eigenvalue weighted by atomic mass is 35.5. The molecule has 2 aromatic carbocycles. The molecule has 9 heteroatoms. The van der Waals surface area contributed by atoms with Crippen LogP contribution in [0.15, 0.2) is 65.1 Å². The molecule has 166 valence electrons. The minimum Gasteiger partial charge on any atom is -0.301 e. The Morgan fingerprint density at radius 1 is 1.18 bits per heavy atom. The summed E-state index contributed by atoms with van der Waals surface area (Å²) in [7, 11) is 0. The third kappa shape index (κ3) is 4.34. The van der Waals surface area contributed by atoms with E-state index in [0.717, 1.165) is 33.4 Å². The average molecular weight is 494 g/mol. The summed E-state index contributed by atoms with van der Waals surface area (Å²) in [6.45, 7) is 4.06. The highest BCUT2D eigenvalue weighted by Gasteiger charge is 2.23. The number of aryl methyl sites for hydroxylation is 1. The van der Waals surface area contributed by atoms with Gasteiger partial charge in [0.2, 0.25) is 5.91 Å². The predicted molar refractivity (Wildman–Crippen MR) is 136 cm³/mol. The van der Waals surface area contributed by atoms with Gasteiger partial charge < -0.3 is 5.32 Å². The minimum atomic E-state index is -0.333. The largest absolute Gasteiger partial charge is 0.301 e. The molecule has 3 aromatic heterocycles. The molecule has 0 aliphatic rings. The zero-order chi connectivity index (χ0) is 22.9. The number of thiazole rings is 1. The molecule has 0 saturated heterocycles. The van der Waals surface area contributed by atoms with Crippen LogP contribution in [-0.4, -0.2) is 30.7 Å². The van der Waals surface area contributed by atoms with Crippen molar-refractivity contribution >= 4 is 62.3 Å². The van der Waals surface area contributed by atoms with E-state index in [1.54, 1.807) is 0 Å². The van der Waals surface area contributed by atoms with Gasteiger partial charge in [-0.1, -0.05) is 60.6 Å². The number of nitrogens with zero attached hydrogens (tertiary/aromatic N) is 4. The highest BCUT2D eigenvalue weighted by molar-refractivity contribution is 8.00. The number of thioether (sulfide) groups is 1. The smallest absolute Gasteiger partial charge is 0.239 e. The topological polar surface area (TPSA) is 72.2 Å². The van der Waals surface area contributed by atoms with Crippen molar-refractivity contribution in [2.24, 2.45) is 0 Å². The summed E-state index contributed by atoms with van der Waals surface area (Å²) in [4.78, 5) is 17.6. The number of amides is 1. The van der Waals surface area contributed by atoms with Crippen molar-refractivity contribution in [1.82, 2.24) is 19.6 Å². The number of pyridine rings is 1. The van der Waals surface area contributed by atoms with E-state index in [1.807, 2.05) is 59.2 Å². The normalized spacial score (nSPS) is 12.3. The van der Waals surface area contributed by atoms with E-state index in [9.17, 15) is 4.79 Å². The Morgan fingerprint density at radius 3 is 2.76 bits per heavy atom. The van der Waals surface area contributed by atoms with Crippen LogP contribution >= 0.6 is 34.7 Å². The lowest BCUT2D eigenvalue weighted by molar-refractivity contribution is -0.115. The van der Waals surface area contributed by atoms with Crippen LogP contribution in [0.1, 0.15) is 18.9 Å². The maximum atomic E-state index is 13.1. The molecular weight excluding hydrogens is 474 g/mol. The van der Waals surface area contributed by atoms with E-state index in [0.29, 0.717) is 21.7 Å². The number of carbonyl (C=O) groups is 1. The number of nitrogens with one attached hydrogen (secondary N) is 1. The first kappa shape index (κ1) is 21.9. The van der Waals surface area contributed by atoms with Crippen molar-refractivity contribution in [2.45, 2.75) is 30.7 Å². The number of carbonyl (C=O) groups excluding carboxylic acids is 1. The van der Waals surface area contributed by atoms with Crippen molar-refractivity contribution in [1.29, 1.82) is 0 Å². The van der Waals surface area contributed by atoms with Gasteiger partial charge in [0.25, 0.3) is 0 Å². The Balaban J connectivity index is 1.38. The van der Waals surface area contributed by atoms with Gasteiger partial charge in [0.15, 0.2) is 15.9 Å². The molecule has 0 spiro atoms. The monoisotopic (exact) mass is 493 g/mol. The Hall–Kier alpha value is -2.94. The molecule has 0 fully saturated rings. The van der Waals surface area contributed by atoms with Crippen molar-refractivity contribution in [2.75, 3.05) is 5.32 Å². The molecule has 0 aliphatic carbocycles. The van der Waals surface area contributed by atoms with E-state index in [1.165, 1.54) is 23.1 Å². The lowest BCUT2D eigenvalue weighted by Crippen LogP contribution is -2.24. The molecule has 6 nitrogen and oxygen atoms in total. The third-order valence-electron chi connectivity index (χ3n) is 5.36. The number of hydrogen-bond donors (Lipinski definition) is 1. The Morgan fingerprint density at radius 2 is 1.97 bits per heavy atom. The van der Waals surface area contributed by atoms with Gasteiger partial charge in [0.05, 0.1) is 16.5 Å². The van der Waals surface area contributed by atoms with Crippen molar-refractivity contribution in [3.8, 4) is 11.3 Å². The van der Waals surface area contributed by atoms with Crippen LogP contribution in [0.4, 0.5) is 5.13 Å². The van der Waals surface area contributed by atoms with Crippen LogP contribution in [0.25, 0.3) is 27.8 Å². The summed E-state index contributed by atoms with van der Waals surface area (Å²) in [6.07, 6.45) is 0.643. The van der Waals surface area contributed by atoms with E-state index in [2.05, 4.69) is 39.6 Å². The quantitative estimate of drug-likeness (QED) is 0.274. The molecular formula is C24H20ClN5OS2. The van der Waals surface area contributed by atoms with Gasteiger partial charge in [-0.25, -0.2) is 4.98 Å². The molecule has 1 unspecified atom stereocenters. The summed E-state index contributed by atoms with van der Waals surface area (Å²) < 4.78 is 2.02. The first-order valence-electron chi connectivity index (χ1n) is 10.5. The van der Waals surface area contributed by atoms with Crippen LogP contribution in [0.3, 0.4) is 0 Å². The number of fused-ring (bicyclic) bond motifs is 3. The summed E-state index contributed by atoms with van der Waals surface area (Å²) >= 11 is 8.79. The van der Waals surface area contributed by atoms with E-state index in [-0.39, 0.29) is 11.2 Å². The van der Waals surface area contributed by atoms with Gasteiger partial charge in [0.1, 0.15) is 0 Å². The molecule has 33 heavy (non-hydrogen) atoms. The van der Waals surface area contributed by atoms with E-state index >= 15 is 0 Å². The summed E-state index contributed by atoms with van der Waals surface area (Å²) in [5.74, 6) is -0.104. The summed E-state index contributed by atoms with van der Waals surface area (Å²) in [5, 5.41) is 16.4. The zero-order valence-corrected chi connectivity index (χ0v) is 20.3. The number of anilines is 1. The summed E-state index contributed by atoms with van der Waals surface area (Å²) in [6, 6.07) is 17.7. The number of para-hydroxylation sites is 1. The standard InChI is InChI=1S/C24H20ClN5OS2/c1-3-20(22(31)27-23-26-18(13-32-23)15-8-10-16(25)11-9-15)33-24-29-28-21-12-14(2)17-6-4-5-7-19(17)30(21)24/h4-13,20H,3H2,1-2H3,(H,26,27,31). The Kier molecular flexibility index (Phi) is 6.05. The van der Waals surface area contributed by atoms with Crippen molar-refractivity contribution < 1.29 is 4.79 Å². The average Bonchev–Trinajstić information content (AvgIpc) is 3.45. The number of benzene rings is 2. The van der Waals surface area contributed by atoms with Gasteiger partial charge in [0, 0.05) is 21.4 Å². The van der Waals surface area contributed by atoms with Crippen molar-refractivity contribution in [3.05, 3.63) is 70.6 Å². The van der Waals surface area contributed by atoms with Crippen molar-refractivity contribution in [3.63, 3.8) is 0 Å². The Bertz CT molecular complexity index is 1460. The fraction of sp³-hybridized carbons (Fsp3) is 0.167. The van der Waals surface area contributed by atoms with Gasteiger partial charge in [-0.05, 0) is 43.2 Å². The molecule has 0 aliphatic heterocycles. The van der Waals surface area contributed by atoms with E-state index < -0.39 is 0 Å². The predicted octanol–water partition coefficient (Wildman–Crippen LogP) is 6.48. The molecule has 1 atom stereocenters. The van der Waals surface area contributed by atoms with Gasteiger partial charge in [-0.3, -0.25) is 9.20 Å². The molecule has 1 amide bonds. The molecule has 0 saturated carbocycles. The number of rotatable bonds is 6. The molecule has 5 aromatic rings. The first-order valence-corrected chi connectivity index (χ1v) is 12.6. The van der Waals surface area contributed by atoms with Crippen LogP contribution in [0.2, 0.25) is 5.02 Å². The van der Waals surface area contributed by atoms with Crippen LogP contribution < -0.4 is 5.32 Å². The van der Waals surface area contributed by atoms with Gasteiger partial charge in [-0.2, -0.15) is 0 Å². The number of halogens is 1. The lowest BCUT2D eigenvalue weighted by atomic mass is 10.1. The molecule has 5 rings (SSSR count). The lowest BCUT2D eigenvalue weighted by Gasteiger charge is -2.13. The highest BCUT2D eigenvalue weighted by Crippen LogP contribution is 2.31. The molecule has 1 N–H and O–H groups in total. The summed E-state index contributed by atoms with van der Waals surface area (Å²) in [5.41, 5.74) is 4.71. The second-order valence-corrected chi connectivity index (χ2v) is 10.0. The van der Waals surface area contributed by atoms with Crippen LogP contribution in [-0.2, 0) is 4.79 Å². The second kappa shape index (κ2) is 9.13. The molecule has 3 heterocycles. The molecule has 0 bridgehead atoms. The molecule has 0 radical (unpaired) electrons. The van der Waals surface area contributed by atoms with Crippen LogP contribution in [0.5, 0.6) is 0 Å². The number of aromatic nitrogens is 4. The fourth-order valence-electron chi connectivity index (χ4n) is 3.67. The Labute approximate surface area is 204 Å². The number of hydrogen-bond acceptors (Lipinski definition) is 6. The third-order valence-corrected chi connectivity index (χ3v) is 7.68. The van der Waals surface area contributed by atoms with Gasteiger partial charge >= 0.3 is 0 Å². The SMILES string of the molecule is CCC(Sc1nnc2cc(C)c3ccccc3n12)C(=O)Nc1nc(-c2ccc(Cl)cc2)cs1. The second-order valence-electron chi connectivity index (χ2n) is 7.57. The minimum absolute atomic E-state index is 0.104. The zero-order valence-electron chi connectivity index (χ0n) is 17.9. The van der Waals surface area contributed by atoms with Crippen LogP contribution in [0, 0.1) is 6.92 Å². The fourth-order valence-corrected chi connectivity index (χ4v) is 5.49. The van der Waals surface area contributed by atoms with Gasteiger partial charge in [-0.15, -0.1) is 21.5 Å². The maximum Gasteiger partial charge on any atom is 0.239 e.